The molecule has 0 aliphatic heterocycles. The molecule has 4 aromatic carbocycles. The molecule has 0 N–H and O–H groups in total. The highest BCUT2D eigenvalue weighted by Gasteiger charge is 3.02. The van der Waals surface area contributed by atoms with Gasteiger partial charge >= 0.3 is 35.5 Å². The lowest BCUT2D eigenvalue weighted by Gasteiger charge is -2.45. The number of hydrogen-bond acceptors (Lipinski definition) is 0. The van der Waals surface area contributed by atoms with Crippen molar-refractivity contribution in [3.8, 4) is 0 Å². The fourth-order valence-electron chi connectivity index (χ4n) is 10.6. The van der Waals surface area contributed by atoms with Crippen LogP contribution in [-0.4, -0.2) is 41.7 Å². The molecule has 0 bridgehead atoms. The summed E-state index contributed by atoms with van der Waals surface area (Å²) in [5, 5.41) is 0. The first kappa shape index (κ1) is 54.0. The predicted molar refractivity (Wildman–Crippen MR) is 182 cm³/mol. The normalized spacial score (nSPS) is 23.8. The molecule has 8 rings (SSSR count). The van der Waals surface area contributed by atoms with E-state index in [2.05, 4.69) is 0 Å². The van der Waals surface area contributed by atoms with E-state index in [1.807, 2.05) is 0 Å². The molecule has 0 saturated heterocycles. The van der Waals surface area contributed by atoms with Gasteiger partial charge in [-0.3, -0.25) is 0 Å². The minimum atomic E-state index is -8.33. The van der Waals surface area contributed by atoms with Crippen LogP contribution >= 0.6 is 0 Å². The van der Waals surface area contributed by atoms with E-state index in [-0.39, 0.29) is 0 Å². The molecule has 4 fully saturated rings. The second kappa shape index (κ2) is 13.8. The van der Waals surface area contributed by atoms with Crippen LogP contribution < -0.4 is 21.9 Å². The zero-order valence-corrected chi connectivity index (χ0v) is 35.3. The summed E-state index contributed by atoms with van der Waals surface area (Å²) < 4.78 is 483. The van der Waals surface area contributed by atoms with E-state index in [1.54, 1.807) is 0 Å². The first-order chi connectivity index (χ1) is 32.5. The molecule has 0 amide bonds. The van der Waals surface area contributed by atoms with E-state index in [4.69, 9.17) is 0 Å². The minimum absolute atomic E-state index is 0.655. The average Bonchev–Trinajstić information content (AvgIpc) is 3.99. The Morgan fingerprint density at radius 1 is 0.219 bits per heavy atom. The molecule has 0 nitrogen and oxygen atoms in total. The van der Waals surface area contributed by atoms with Gasteiger partial charge in [0.15, 0.2) is 46.5 Å². The highest BCUT2D eigenvalue weighted by Crippen LogP contribution is 2.79. The number of halogens is 31. The number of benzene rings is 4. The van der Waals surface area contributed by atoms with Crippen molar-refractivity contribution >= 4 is 28.0 Å². The summed E-state index contributed by atoms with van der Waals surface area (Å²) in [6.07, 6.45) is -8.33. The Morgan fingerprint density at radius 2 is 0.356 bits per heavy atom. The fraction of sp³-hybridized carbons (Fsp3) is 0.415. The van der Waals surface area contributed by atoms with Gasteiger partial charge in [-0.05, 0) is 10.8 Å². The van der Waals surface area contributed by atoms with Crippen LogP contribution in [0.2, 0.25) is 0 Å². The molecule has 4 saturated carbocycles. The summed E-state index contributed by atoms with van der Waals surface area (Å²) in [5.74, 6) is -108. The van der Waals surface area contributed by atoms with Gasteiger partial charge in [-0.25, -0.2) is 83.4 Å². The first-order valence-electron chi connectivity index (χ1n) is 19.5. The predicted octanol–water partition coefficient (Wildman–Crippen LogP) is 12.0. The molecule has 73 heavy (non-hydrogen) atoms. The lowest BCUT2D eigenvalue weighted by Crippen LogP contribution is -2.81. The van der Waals surface area contributed by atoms with Crippen molar-refractivity contribution < 1.29 is 136 Å². The van der Waals surface area contributed by atoms with Crippen LogP contribution in [0.5, 0.6) is 0 Å². The monoisotopic (exact) mass is 1110 g/mol. The topological polar surface area (TPSA) is 0 Å². The minimum Gasteiger partial charge on any atom is -0.224 e. The Labute approximate surface area is 383 Å². The van der Waals surface area contributed by atoms with E-state index in [1.165, 1.54) is 0 Å². The second-order valence-corrected chi connectivity index (χ2v) is 18.8. The van der Waals surface area contributed by atoms with E-state index < -0.39 is 212 Å². The average molecular weight is 1110 g/mol. The molecule has 0 spiro atoms. The lowest BCUT2D eigenvalue weighted by molar-refractivity contribution is -0.0278. The summed E-state index contributed by atoms with van der Waals surface area (Å²) in [6.45, 7) is 4.64. The smallest absolute Gasteiger partial charge is 0.224 e. The molecule has 4 aliphatic rings. The van der Waals surface area contributed by atoms with Crippen molar-refractivity contribution in [2.75, 3.05) is 0 Å². The van der Waals surface area contributed by atoms with Crippen molar-refractivity contribution in [1.82, 2.24) is 0 Å². The van der Waals surface area contributed by atoms with Crippen LogP contribution in [0.15, 0.2) is 0 Å². The van der Waals surface area contributed by atoms with E-state index in [0.29, 0.717) is 6.92 Å². The Morgan fingerprint density at radius 3 is 0.479 bits per heavy atom. The third-order valence-electron chi connectivity index (χ3n) is 16.0. The van der Waals surface area contributed by atoms with E-state index >= 15 is 83.4 Å². The van der Waals surface area contributed by atoms with Crippen LogP contribution in [0.3, 0.4) is 0 Å². The zero-order valence-electron chi connectivity index (χ0n) is 35.3. The molecule has 0 heterocycles. The Hall–Kier alpha value is -5.23. The molecule has 4 aromatic rings. The van der Waals surface area contributed by atoms with E-state index in [9.17, 15) is 52.7 Å². The van der Waals surface area contributed by atoms with Crippen molar-refractivity contribution in [3.05, 3.63) is 115 Å². The van der Waals surface area contributed by atoms with Crippen LogP contribution in [0.1, 0.15) is 56.9 Å². The van der Waals surface area contributed by atoms with Crippen molar-refractivity contribution in [1.29, 1.82) is 0 Å². The number of hydrogen-bond donors (Lipinski definition) is 0. The van der Waals surface area contributed by atoms with Crippen LogP contribution in [0.25, 0.3) is 0 Å². The SMILES string of the molecule is CC1(C)C(C)(C)C1(C)c1c(F)c(F)c([B-](c2c(F)c(F)c(C3(F)C(F)(F)C3(F)F)c(F)c2F)(c2c(F)c(F)c(C3(F)C(F)(F)C3(F)F)c(F)c2F)c2c(F)c(F)c(C3(F)C(F)(F)C3(F)F)c(F)c2F)c(F)c1F. The van der Waals surface area contributed by atoms with Gasteiger partial charge in [-0.15, -0.1) is 21.9 Å². The fourth-order valence-corrected chi connectivity index (χ4v) is 10.6. The summed E-state index contributed by atoms with van der Waals surface area (Å²) in [5.41, 5.74) is -57.4. The van der Waals surface area contributed by atoms with Crippen molar-refractivity contribution in [2.45, 2.75) is 92.6 Å². The maximum Gasteiger partial charge on any atom is 0.357 e. The zero-order chi connectivity index (χ0) is 56.4. The molecule has 0 aromatic heterocycles. The summed E-state index contributed by atoms with van der Waals surface area (Å²) in [7, 11) is 0. The van der Waals surface area contributed by atoms with Gasteiger partial charge < -0.3 is 0 Å². The third-order valence-corrected chi connectivity index (χ3v) is 16.0. The molecular weight excluding hydrogens is 1090 g/mol. The lowest BCUT2D eigenvalue weighted by atomic mass is 9.12. The van der Waals surface area contributed by atoms with Gasteiger partial charge in [0.05, 0.1) is 16.7 Å². The van der Waals surface area contributed by atoms with Gasteiger partial charge in [0, 0.05) is 11.0 Å². The molecule has 4 aliphatic carbocycles. The maximum atomic E-state index is 17.3. The highest BCUT2D eigenvalue weighted by atomic mass is 19.4. The number of rotatable bonds is 8. The van der Waals surface area contributed by atoms with Crippen LogP contribution in [-0.2, 0) is 22.4 Å². The van der Waals surface area contributed by atoms with Crippen molar-refractivity contribution in [2.24, 2.45) is 10.8 Å². The Kier molecular flexibility index (Phi) is 10.2. The molecule has 32 heteroatoms. The highest BCUT2D eigenvalue weighted by molar-refractivity contribution is 7.20. The van der Waals surface area contributed by atoms with Gasteiger partial charge in [-0.1, -0.05) is 34.6 Å². The summed E-state index contributed by atoms with van der Waals surface area (Å²) in [4.78, 5) is 0. The molecule has 0 unspecified atom stereocenters. The quantitative estimate of drug-likeness (QED) is 0.0937. The third kappa shape index (κ3) is 4.91. The Balaban J connectivity index is 1.73. The number of alkyl halides is 15. The second-order valence-electron chi connectivity index (χ2n) is 18.8. The standard InChI is InChI=1S/C41H15BF31/c1-30(2)31(3,4)32(30,5)6-14(43)22(51)10(23(52)15(6)44)42(11-24(53)16(45)7(17(46)25(11)54)33(59)36(62,63)37(33,64)65,12-26(55)18(47)8(19(48)27(12)56)34(60)38(66,67)39(34,68)69)13-28(57)20(49)9(21(50)29(13)58)35(61)40(70,71)41(35,72)73/h1-5H3/q-1. The molecule has 0 radical (unpaired) electrons. The largest absolute Gasteiger partial charge is 0.357 e. The van der Waals surface area contributed by atoms with Gasteiger partial charge in [-0.2, -0.15) is 52.7 Å². The van der Waals surface area contributed by atoms with Gasteiger partial charge in [0.1, 0.15) is 52.7 Å². The molecule has 0 atom stereocenters. The van der Waals surface area contributed by atoms with Gasteiger partial charge in [0.25, 0.3) is 17.0 Å². The molecular formula is C41H15BF31-. The Bertz CT molecular complexity index is 2640. The summed E-state index contributed by atoms with van der Waals surface area (Å²) in [6, 6.07) is 0. The van der Waals surface area contributed by atoms with Crippen molar-refractivity contribution in [3.63, 3.8) is 0 Å². The molecule has 400 valence electrons. The summed E-state index contributed by atoms with van der Waals surface area (Å²) >= 11 is 0. The van der Waals surface area contributed by atoms with Gasteiger partial charge in [0.2, 0.25) is 0 Å². The first-order valence-corrected chi connectivity index (χ1v) is 19.5. The maximum absolute atomic E-state index is 17.3. The van der Waals surface area contributed by atoms with Crippen LogP contribution in [0.4, 0.5) is 136 Å². The van der Waals surface area contributed by atoms with E-state index in [0.717, 1.165) is 27.7 Å². The van der Waals surface area contributed by atoms with Crippen LogP contribution in [0, 0.1) is 104 Å².